The van der Waals surface area contributed by atoms with Gasteiger partial charge in [0.1, 0.15) is 10.6 Å². The molecule has 1 N–H and O–H groups in total. The lowest BCUT2D eigenvalue weighted by Gasteiger charge is -2.07. The monoisotopic (exact) mass is 335 g/mol. The molecule has 2 aromatic heterocycles. The Morgan fingerprint density at radius 3 is 2.39 bits per heavy atom. The summed E-state index contributed by atoms with van der Waals surface area (Å²) in [5.74, 6) is 0.874. The topological polar surface area (TPSA) is 68.5 Å². The standard InChI is InChI=1S/C17H21NO4S/c1-9(2)11-8-12(22-15(11)10(3)4)16(19)18-14-7-6-13(23-14)17(20)21-5/h6-10H,1-5H3,(H,18,19). The van der Waals surface area contributed by atoms with E-state index in [0.29, 0.717) is 9.88 Å². The maximum Gasteiger partial charge on any atom is 0.348 e. The van der Waals surface area contributed by atoms with E-state index < -0.39 is 5.97 Å². The molecular weight excluding hydrogens is 314 g/mol. The number of esters is 1. The molecule has 2 rings (SSSR count). The molecule has 2 aromatic rings. The van der Waals surface area contributed by atoms with E-state index in [2.05, 4.69) is 23.9 Å². The average Bonchev–Trinajstić information content (AvgIpc) is 3.13. The summed E-state index contributed by atoms with van der Waals surface area (Å²) in [6, 6.07) is 5.09. The van der Waals surface area contributed by atoms with Crippen molar-refractivity contribution in [1.82, 2.24) is 0 Å². The van der Waals surface area contributed by atoms with Crippen molar-refractivity contribution in [3.05, 3.63) is 40.2 Å². The number of nitrogens with one attached hydrogen (secondary N) is 1. The molecule has 0 saturated carbocycles. The second-order valence-corrected chi connectivity index (χ2v) is 6.93. The molecule has 0 atom stereocenters. The summed E-state index contributed by atoms with van der Waals surface area (Å²) in [4.78, 5) is 24.2. The molecule has 0 aliphatic rings. The van der Waals surface area contributed by atoms with E-state index in [1.165, 1.54) is 7.11 Å². The SMILES string of the molecule is COC(=O)c1ccc(NC(=O)c2cc(C(C)C)c(C(C)C)o2)s1. The van der Waals surface area contributed by atoms with Gasteiger partial charge in [-0.15, -0.1) is 11.3 Å². The summed E-state index contributed by atoms with van der Waals surface area (Å²) in [5.41, 5.74) is 1.05. The minimum absolute atomic E-state index is 0.210. The normalized spacial score (nSPS) is 11.1. The van der Waals surface area contributed by atoms with Gasteiger partial charge in [-0.2, -0.15) is 0 Å². The predicted octanol–water partition coefficient (Wildman–Crippen LogP) is 4.63. The van der Waals surface area contributed by atoms with Crippen molar-refractivity contribution in [2.45, 2.75) is 39.5 Å². The Hall–Kier alpha value is -2.08. The molecule has 0 unspecified atom stereocenters. The van der Waals surface area contributed by atoms with Crippen LogP contribution in [0.5, 0.6) is 0 Å². The van der Waals surface area contributed by atoms with Crippen LogP contribution in [0.1, 0.15) is 71.1 Å². The van der Waals surface area contributed by atoms with Crippen LogP contribution in [0.15, 0.2) is 22.6 Å². The van der Waals surface area contributed by atoms with Gasteiger partial charge < -0.3 is 14.5 Å². The fraction of sp³-hybridized carbons (Fsp3) is 0.412. The molecule has 0 aromatic carbocycles. The smallest absolute Gasteiger partial charge is 0.348 e. The van der Waals surface area contributed by atoms with Gasteiger partial charge in [-0.05, 0) is 29.7 Å². The van der Waals surface area contributed by atoms with Gasteiger partial charge in [0.25, 0.3) is 5.91 Å². The summed E-state index contributed by atoms with van der Waals surface area (Å²) in [6.45, 7) is 8.21. The summed E-state index contributed by atoms with van der Waals surface area (Å²) in [7, 11) is 1.32. The third-order valence-corrected chi connectivity index (χ3v) is 4.37. The Morgan fingerprint density at radius 1 is 1.17 bits per heavy atom. The van der Waals surface area contributed by atoms with E-state index in [9.17, 15) is 9.59 Å². The number of hydrogen-bond donors (Lipinski definition) is 1. The molecule has 0 saturated heterocycles. The highest BCUT2D eigenvalue weighted by molar-refractivity contribution is 7.18. The Balaban J connectivity index is 2.19. The van der Waals surface area contributed by atoms with Gasteiger partial charge in [-0.25, -0.2) is 4.79 Å². The number of anilines is 1. The highest BCUT2D eigenvalue weighted by atomic mass is 32.1. The lowest BCUT2D eigenvalue weighted by molar-refractivity contribution is 0.0606. The molecule has 0 bridgehead atoms. The first-order chi connectivity index (χ1) is 10.8. The number of thiophene rings is 1. The van der Waals surface area contributed by atoms with Gasteiger partial charge in [0.2, 0.25) is 0 Å². The van der Waals surface area contributed by atoms with Gasteiger partial charge in [-0.3, -0.25) is 4.79 Å². The number of rotatable bonds is 5. The summed E-state index contributed by atoms with van der Waals surface area (Å²) < 4.78 is 10.4. The van der Waals surface area contributed by atoms with Gasteiger partial charge >= 0.3 is 5.97 Å². The van der Waals surface area contributed by atoms with E-state index >= 15 is 0 Å². The highest BCUT2D eigenvalue weighted by Crippen LogP contribution is 2.30. The summed E-state index contributed by atoms with van der Waals surface area (Å²) >= 11 is 1.16. The minimum atomic E-state index is -0.419. The average molecular weight is 335 g/mol. The molecule has 0 spiro atoms. The van der Waals surface area contributed by atoms with Crippen LogP contribution < -0.4 is 5.32 Å². The van der Waals surface area contributed by atoms with E-state index in [0.717, 1.165) is 22.7 Å². The van der Waals surface area contributed by atoms with Crippen LogP contribution in [0.2, 0.25) is 0 Å². The Kier molecular flexibility index (Phi) is 5.26. The zero-order valence-corrected chi connectivity index (χ0v) is 14.7. The van der Waals surface area contributed by atoms with Crippen molar-refractivity contribution in [2.75, 3.05) is 12.4 Å². The first-order valence-corrected chi connectivity index (χ1v) is 8.28. The molecule has 2 heterocycles. The molecule has 0 aliphatic heterocycles. The number of furan rings is 1. The number of methoxy groups -OCH3 is 1. The van der Waals surface area contributed by atoms with Crippen LogP contribution in [-0.4, -0.2) is 19.0 Å². The van der Waals surface area contributed by atoms with Crippen molar-refractivity contribution >= 4 is 28.2 Å². The predicted molar refractivity (Wildman–Crippen MR) is 90.5 cm³/mol. The summed E-state index contributed by atoms with van der Waals surface area (Å²) in [6.07, 6.45) is 0. The quantitative estimate of drug-likeness (QED) is 0.809. The molecule has 6 heteroatoms. The first kappa shape index (κ1) is 17.3. The van der Waals surface area contributed by atoms with Gasteiger partial charge in [0.15, 0.2) is 5.76 Å². The Labute approximate surface area is 139 Å². The van der Waals surface area contributed by atoms with Crippen molar-refractivity contribution < 1.29 is 18.7 Å². The third-order valence-electron chi connectivity index (χ3n) is 3.39. The number of hydrogen-bond acceptors (Lipinski definition) is 5. The molecule has 124 valence electrons. The van der Waals surface area contributed by atoms with Crippen LogP contribution in [0.4, 0.5) is 5.00 Å². The fourth-order valence-electron chi connectivity index (χ4n) is 2.22. The molecule has 0 aliphatic carbocycles. The van der Waals surface area contributed by atoms with Crippen LogP contribution in [0.25, 0.3) is 0 Å². The largest absolute Gasteiger partial charge is 0.465 e. The zero-order valence-electron chi connectivity index (χ0n) is 13.9. The Bertz CT molecular complexity index is 687. The van der Waals surface area contributed by atoms with Crippen molar-refractivity contribution in [3.63, 3.8) is 0 Å². The van der Waals surface area contributed by atoms with E-state index in [4.69, 9.17) is 4.42 Å². The van der Waals surface area contributed by atoms with Crippen LogP contribution in [0, 0.1) is 0 Å². The molecule has 1 amide bonds. The van der Waals surface area contributed by atoms with Crippen LogP contribution in [-0.2, 0) is 4.74 Å². The van der Waals surface area contributed by atoms with E-state index in [1.54, 1.807) is 18.2 Å². The Morgan fingerprint density at radius 2 is 1.87 bits per heavy atom. The fourth-order valence-corrected chi connectivity index (χ4v) is 3.04. The number of ether oxygens (including phenoxy) is 1. The maximum absolute atomic E-state index is 12.4. The lowest BCUT2D eigenvalue weighted by atomic mass is 9.98. The highest BCUT2D eigenvalue weighted by Gasteiger charge is 2.21. The number of carbonyl (C=O) groups excluding carboxylic acids is 2. The molecule has 23 heavy (non-hydrogen) atoms. The number of carbonyl (C=O) groups is 2. The van der Waals surface area contributed by atoms with Gasteiger partial charge in [0, 0.05) is 5.92 Å². The molecule has 5 nitrogen and oxygen atoms in total. The van der Waals surface area contributed by atoms with Crippen molar-refractivity contribution in [1.29, 1.82) is 0 Å². The van der Waals surface area contributed by atoms with Crippen LogP contribution in [0.3, 0.4) is 0 Å². The number of amides is 1. The maximum atomic E-state index is 12.4. The molecule has 0 fully saturated rings. The summed E-state index contributed by atoms with van der Waals surface area (Å²) in [5, 5.41) is 3.33. The van der Waals surface area contributed by atoms with E-state index in [1.807, 2.05) is 13.8 Å². The van der Waals surface area contributed by atoms with Crippen molar-refractivity contribution in [2.24, 2.45) is 0 Å². The van der Waals surface area contributed by atoms with E-state index in [-0.39, 0.29) is 23.5 Å². The molecular formula is C17H21NO4S. The van der Waals surface area contributed by atoms with Crippen LogP contribution >= 0.6 is 11.3 Å². The minimum Gasteiger partial charge on any atom is -0.465 e. The lowest BCUT2D eigenvalue weighted by Crippen LogP contribution is -2.09. The first-order valence-electron chi connectivity index (χ1n) is 7.46. The van der Waals surface area contributed by atoms with Gasteiger partial charge in [0.05, 0.1) is 12.1 Å². The van der Waals surface area contributed by atoms with Crippen molar-refractivity contribution in [3.8, 4) is 0 Å². The second-order valence-electron chi connectivity index (χ2n) is 5.85. The second kappa shape index (κ2) is 7.00. The molecule has 0 radical (unpaired) electrons. The zero-order chi connectivity index (χ0) is 17.1. The third kappa shape index (κ3) is 3.82. The van der Waals surface area contributed by atoms with Gasteiger partial charge in [-0.1, -0.05) is 27.7 Å².